The zero-order chi connectivity index (χ0) is 25.2. The molecule has 0 aliphatic carbocycles. The Kier molecular flexibility index (Phi) is 7.15. The van der Waals surface area contributed by atoms with Crippen LogP contribution in [-0.2, 0) is 10.8 Å². The lowest BCUT2D eigenvalue weighted by Crippen LogP contribution is -2.45. The quantitative estimate of drug-likeness (QED) is 0.544. The lowest BCUT2D eigenvalue weighted by Gasteiger charge is -2.32. The Bertz CT molecular complexity index is 1390. The topological polar surface area (TPSA) is 114 Å². The highest BCUT2D eigenvalue weighted by Crippen LogP contribution is 2.31. The van der Waals surface area contributed by atoms with Crippen molar-refractivity contribution in [3.05, 3.63) is 52.8 Å². The van der Waals surface area contributed by atoms with Gasteiger partial charge in [0.15, 0.2) is 0 Å². The normalized spacial score (nSPS) is 23.2. The Hall–Kier alpha value is -3.11. The monoisotopic (exact) mass is 522 g/mol. The van der Waals surface area contributed by atoms with Crippen molar-refractivity contribution >= 4 is 50.3 Å². The highest BCUT2D eigenvalue weighted by molar-refractivity contribution is 7.85. The third-order valence-electron chi connectivity index (χ3n) is 6.77. The van der Waals surface area contributed by atoms with Gasteiger partial charge in [-0.15, -0.1) is 11.3 Å². The minimum atomic E-state index is -0.735. The predicted octanol–water partition coefficient (Wildman–Crippen LogP) is 3.73. The lowest BCUT2D eigenvalue weighted by atomic mass is 9.94. The maximum atomic E-state index is 12.5. The number of aliphatic imine (C=N–C) groups is 1. The summed E-state index contributed by atoms with van der Waals surface area (Å²) < 4.78 is 11.8. The second kappa shape index (κ2) is 10.5. The van der Waals surface area contributed by atoms with Crippen LogP contribution in [0.5, 0.6) is 0 Å². The molecule has 1 aromatic carbocycles. The van der Waals surface area contributed by atoms with Crippen LogP contribution in [-0.4, -0.2) is 68.5 Å². The van der Waals surface area contributed by atoms with Gasteiger partial charge in [0.1, 0.15) is 0 Å². The number of thiazole rings is 1. The van der Waals surface area contributed by atoms with E-state index >= 15 is 0 Å². The highest BCUT2D eigenvalue weighted by atomic mass is 32.2. The SMILES string of the molecule is CNC(=O)N1CCC(=NC2CCS(=O)CC2)C(=C(N)c2cccc3cc(-c4cnc(C)s4)ncc23)C1. The van der Waals surface area contributed by atoms with Gasteiger partial charge in [-0.2, -0.15) is 0 Å². The predicted molar refractivity (Wildman–Crippen MR) is 148 cm³/mol. The zero-order valence-corrected chi connectivity index (χ0v) is 22.1. The van der Waals surface area contributed by atoms with E-state index in [2.05, 4.69) is 22.4 Å². The van der Waals surface area contributed by atoms with Crippen LogP contribution in [0.15, 0.2) is 47.2 Å². The van der Waals surface area contributed by atoms with E-state index in [1.54, 1.807) is 23.3 Å². The van der Waals surface area contributed by atoms with Gasteiger partial charge in [0.25, 0.3) is 0 Å². The summed E-state index contributed by atoms with van der Waals surface area (Å²) in [6, 6.07) is 8.15. The third-order valence-corrected chi connectivity index (χ3v) is 9.08. The Morgan fingerprint density at radius 2 is 2.06 bits per heavy atom. The number of benzene rings is 1. The maximum Gasteiger partial charge on any atom is 0.317 e. The van der Waals surface area contributed by atoms with Crippen molar-refractivity contribution < 1.29 is 9.00 Å². The summed E-state index contributed by atoms with van der Waals surface area (Å²) in [6.07, 6.45) is 6.00. The van der Waals surface area contributed by atoms with Crippen LogP contribution in [0.1, 0.15) is 29.8 Å². The number of amides is 2. The summed E-state index contributed by atoms with van der Waals surface area (Å²) in [5.74, 6) is 1.38. The van der Waals surface area contributed by atoms with Crippen molar-refractivity contribution in [3.63, 3.8) is 0 Å². The number of nitrogens with zero attached hydrogens (tertiary/aromatic N) is 4. The summed E-state index contributed by atoms with van der Waals surface area (Å²) in [7, 11) is 0.903. The average molecular weight is 523 g/mol. The number of nitrogens with two attached hydrogens (primary N) is 1. The standard InChI is InChI=1S/C26H30N6O2S2/c1-16-29-14-24(35-16)23-12-17-4-3-5-19(20(17)13-30-23)25(27)21-15-32(26(33)28-2)9-6-22(21)31-18-7-10-36(34)11-8-18/h3-5,12-14,18H,6-11,15,27H2,1-2H3,(H,28,33). The molecule has 0 unspecified atom stereocenters. The molecule has 0 bridgehead atoms. The van der Waals surface area contributed by atoms with Crippen molar-refractivity contribution in [2.24, 2.45) is 10.7 Å². The second-order valence-corrected chi connectivity index (χ2v) is 12.0. The van der Waals surface area contributed by atoms with Gasteiger partial charge < -0.3 is 16.0 Å². The number of carbonyl (C=O) groups is 1. The van der Waals surface area contributed by atoms with Gasteiger partial charge in [0.05, 0.1) is 28.2 Å². The molecule has 2 amide bonds. The summed E-state index contributed by atoms with van der Waals surface area (Å²) in [5.41, 5.74) is 11.1. The molecule has 0 atom stereocenters. The Labute approximate surface area is 217 Å². The van der Waals surface area contributed by atoms with E-state index < -0.39 is 10.8 Å². The third kappa shape index (κ3) is 5.05. The van der Waals surface area contributed by atoms with Gasteiger partial charge in [-0.3, -0.25) is 14.2 Å². The number of nitrogens with one attached hydrogen (secondary N) is 1. The summed E-state index contributed by atoms with van der Waals surface area (Å²) in [6.45, 7) is 2.96. The van der Waals surface area contributed by atoms with Gasteiger partial charge in [0.2, 0.25) is 0 Å². The molecule has 2 aliphatic heterocycles. The molecular formula is C26H30N6O2S2. The molecule has 8 nitrogen and oxygen atoms in total. The molecule has 2 saturated heterocycles. The number of rotatable bonds is 3. The van der Waals surface area contributed by atoms with Crippen molar-refractivity contribution in [3.8, 4) is 10.6 Å². The van der Waals surface area contributed by atoms with Crippen molar-refractivity contribution in [2.75, 3.05) is 31.6 Å². The van der Waals surface area contributed by atoms with E-state index in [-0.39, 0.29) is 12.1 Å². The van der Waals surface area contributed by atoms with Gasteiger partial charge in [0, 0.05) is 82.6 Å². The lowest BCUT2D eigenvalue weighted by molar-refractivity contribution is 0.204. The fraction of sp³-hybridized carbons (Fsp3) is 0.385. The molecule has 0 spiro atoms. The highest BCUT2D eigenvalue weighted by Gasteiger charge is 2.28. The fourth-order valence-corrected chi connectivity index (χ4v) is 6.80. The molecule has 3 N–H and O–H groups in total. The van der Waals surface area contributed by atoms with E-state index in [0.717, 1.165) is 56.0 Å². The van der Waals surface area contributed by atoms with Crippen molar-refractivity contribution in [1.82, 2.24) is 20.2 Å². The smallest absolute Gasteiger partial charge is 0.317 e. The van der Waals surface area contributed by atoms with E-state index in [0.29, 0.717) is 36.7 Å². The first kappa shape index (κ1) is 24.6. The number of urea groups is 1. The van der Waals surface area contributed by atoms with E-state index in [9.17, 15) is 9.00 Å². The molecule has 5 rings (SSSR count). The van der Waals surface area contributed by atoms with Gasteiger partial charge in [-0.25, -0.2) is 9.78 Å². The fourth-order valence-electron chi connectivity index (χ4n) is 4.78. The van der Waals surface area contributed by atoms with Crippen molar-refractivity contribution in [2.45, 2.75) is 32.2 Å². The van der Waals surface area contributed by atoms with Crippen LogP contribution < -0.4 is 11.1 Å². The van der Waals surface area contributed by atoms with Gasteiger partial charge >= 0.3 is 6.03 Å². The summed E-state index contributed by atoms with van der Waals surface area (Å²) in [5, 5.41) is 5.72. The second-order valence-electron chi connectivity index (χ2n) is 9.11. The average Bonchev–Trinajstić information content (AvgIpc) is 3.35. The van der Waals surface area contributed by atoms with Crippen LogP contribution in [0, 0.1) is 6.92 Å². The number of pyridine rings is 1. The number of fused-ring (bicyclic) bond motifs is 1. The molecule has 10 heteroatoms. The Morgan fingerprint density at radius 1 is 1.25 bits per heavy atom. The summed E-state index contributed by atoms with van der Waals surface area (Å²) >= 11 is 1.62. The van der Waals surface area contributed by atoms with Crippen LogP contribution in [0.3, 0.4) is 0 Å². The molecular weight excluding hydrogens is 492 g/mol. The number of carbonyl (C=O) groups excluding carboxylic acids is 1. The number of hydrogen-bond acceptors (Lipinski definition) is 7. The molecule has 0 saturated carbocycles. The van der Waals surface area contributed by atoms with Crippen LogP contribution in [0.2, 0.25) is 0 Å². The first-order valence-corrected chi connectivity index (χ1v) is 14.4. The number of aromatic nitrogens is 2. The molecule has 2 aromatic heterocycles. The van der Waals surface area contributed by atoms with Crippen molar-refractivity contribution in [1.29, 1.82) is 0 Å². The van der Waals surface area contributed by atoms with Crippen LogP contribution >= 0.6 is 11.3 Å². The first-order valence-electron chi connectivity index (χ1n) is 12.1. The van der Waals surface area contributed by atoms with E-state index in [4.69, 9.17) is 15.7 Å². The maximum absolute atomic E-state index is 12.5. The van der Waals surface area contributed by atoms with Crippen LogP contribution in [0.25, 0.3) is 27.0 Å². The molecule has 0 radical (unpaired) electrons. The molecule has 2 aliphatic rings. The van der Waals surface area contributed by atoms with Gasteiger partial charge in [-0.05, 0) is 31.2 Å². The van der Waals surface area contributed by atoms with E-state index in [1.807, 2.05) is 31.5 Å². The molecule has 4 heterocycles. The minimum Gasteiger partial charge on any atom is -0.398 e. The van der Waals surface area contributed by atoms with E-state index in [1.165, 1.54) is 0 Å². The first-order chi connectivity index (χ1) is 17.4. The number of hydrogen-bond donors (Lipinski definition) is 2. The Balaban J connectivity index is 1.56. The summed E-state index contributed by atoms with van der Waals surface area (Å²) in [4.78, 5) is 29.4. The molecule has 188 valence electrons. The largest absolute Gasteiger partial charge is 0.398 e. The molecule has 3 aromatic rings. The number of likely N-dealkylation sites (tertiary alicyclic amines) is 1. The number of piperidine rings is 1. The molecule has 36 heavy (non-hydrogen) atoms. The van der Waals surface area contributed by atoms with Crippen LogP contribution in [0.4, 0.5) is 4.79 Å². The Morgan fingerprint density at radius 3 is 2.78 bits per heavy atom. The zero-order valence-electron chi connectivity index (χ0n) is 20.5. The number of aryl methyl sites for hydroxylation is 1. The van der Waals surface area contributed by atoms with Gasteiger partial charge in [-0.1, -0.05) is 18.2 Å². The molecule has 2 fully saturated rings. The minimum absolute atomic E-state index is 0.128.